The average Bonchev–Trinajstić information content (AvgIpc) is 2.76. The lowest BCUT2D eigenvalue weighted by Gasteiger charge is -2.13. The number of benzene rings is 1. The van der Waals surface area contributed by atoms with Crippen LogP contribution in [0.2, 0.25) is 0 Å². The van der Waals surface area contributed by atoms with Gasteiger partial charge in [-0.25, -0.2) is 0 Å². The van der Waals surface area contributed by atoms with Crippen molar-refractivity contribution in [2.24, 2.45) is 0 Å². The molecule has 0 saturated carbocycles. The van der Waals surface area contributed by atoms with E-state index in [4.69, 9.17) is 5.73 Å². The van der Waals surface area contributed by atoms with Gasteiger partial charge in [-0.1, -0.05) is 12.1 Å². The summed E-state index contributed by atoms with van der Waals surface area (Å²) in [6.45, 7) is 1.96. The molecule has 18 heavy (non-hydrogen) atoms. The normalized spacial score (nSPS) is 12.1. The molecule has 1 aromatic carbocycles. The minimum absolute atomic E-state index is 0.0318. The summed E-state index contributed by atoms with van der Waals surface area (Å²) in [4.78, 5) is 12.0. The highest BCUT2D eigenvalue weighted by atomic mass is 127. The zero-order valence-corrected chi connectivity index (χ0v) is 12.8. The molecule has 0 fully saturated rings. The standard InChI is InChI=1S/C13H13IN2OS/c1-8(9-2-4-11(15)5-3-9)16-13(17)10-6-12(14)18-7-10/h2-8H,15H2,1H3,(H,16,17). The lowest BCUT2D eigenvalue weighted by molar-refractivity contribution is 0.0940. The minimum atomic E-state index is -0.0431. The third-order valence-corrected chi connectivity index (χ3v) is 4.40. The molecular formula is C13H13IN2OS. The van der Waals surface area contributed by atoms with Gasteiger partial charge in [-0.2, -0.15) is 0 Å². The number of carbonyl (C=O) groups excluding carboxylic acids is 1. The monoisotopic (exact) mass is 372 g/mol. The Balaban J connectivity index is 2.05. The van der Waals surface area contributed by atoms with Crippen molar-refractivity contribution < 1.29 is 4.79 Å². The summed E-state index contributed by atoms with van der Waals surface area (Å²) in [6.07, 6.45) is 0. The molecule has 0 aliphatic heterocycles. The van der Waals surface area contributed by atoms with Crippen LogP contribution in [0.5, 0.6) is 0 Å². The minimum Gasteiger partial charge on any atom is -0.399 e. The van der Waals surface area contributed by atoms with E-state index >= 15 is 0 Å². The molecule has 3 nitrogen and oxygen atoms in total. The van der Waals surface area contributed by atoms with Crippen LogP contribution in [0.25, 0.3) is 0 Å². The molecule has 0 aliphatic rings. The summed E-state index contributed by atoms with van der Waals surface area (Å²) in [7, 11) is 0. The van der Waals surface area contributed by atoms with E-state index in [-0.39, 0.29) is 11.9 Å². The second-order valence-electron chi connectivity index (χ2n) is 4.00. The first kappa shape index (κ1) is 13.4. The Morgan fingerprint density at radius 2 is 2.06 bits per heavy atom. The molecule has 2 aromatic rings. The molecule has 1 unspecified atom stereocenters. The van der Waals surface area contributed by atoms with Gasteiger partial charge in [0.25, 0.3) is 5.91 Å². The molecule has 0 aliphatic carbocycles. The van der Waals surface area contributed by atoms with Gasteiger partial charge in [0.15, 0.2) is 0 Å². The second-order valence-corrected chi connectivity index (χ2v) is 6.81. The molecule has 1 heterocycles. The van der Waals surface area contributed by atoms with Crippen LogP contribution in [0.3, 0.4) is 0 Å². The van der Waals surface area contributed by atoms with Gasteiger partial charge in [0.2, 0.25) is 0 Å². The maximum Gasteiger partial charge on any atom is 0.252 e. The zero-order chi connectivity index (χ0) is 13.1. The van der Waals surface area contributed by atoms with E-state index in [2.05, 4.69) is 27.9 Å². The molecule has 1 aromatic heterocycles. The fraction of sp³-hybridized carbons (Fsp3) is 0.154. The van der Waals surface area contributed by atoms with E-state index < -0.39 is 0 Å². The van der Waals surface area contributed by atoms with Crippen LogP contribution in [0, 0.1) is 2.88 Å². The fourth-order valence-corrected chi connectivity index (χ4v) is 2.90. The highest BCUT2D eigenvalue weighted by Crippen LogP contribution is 2.18. The van der Waals surface area contributed by atoms with Gasteiger partial charge < -0.3 is 11.1 Å². The molecule has 94 valence electrons. The number of carbonyl (C=O) groups is 1. The molecule has 0 saturated heterocycles. The molecule has 1 amide bonds. The van der Waals surface area contributed by atoms with Crippen LogP contribution >= 0.6 is 33.9 Å². The van der Waals surface area contributed by atoms with E-state index in [0.29, 0.717) is 5.56 Å². The van der Waals surface area contributed by atoms with Gasteiger partial charge in [0.05, 0.1) is 14.5 Å². The first-order chi connectivity index (χ1) is 8.56. The van der Waals surface area contributed by atoms with Crippen LogP contribution < -0.4 is 11.1 Å². The van der Waals surface area contributed by atoms with Crippen molar-refractivity contribution >= 4 is 45.5 Å². The summed E-state index contributed by atoms with van der Waals surface area (Å²) >= 11 is 3.77. The second kappa shape index (κ2) is 5.71. The molecule has 5 heteroatoms. The molecule has 0 radical (unpaired) electrons. The van der Waals surface area contributed by atoms with Crippen molar-refractivity contribution in [1.29, 1.82) is 0 Å². The third kappa shape index (κ3) is 3.23. The maximum atomic E-state index is 12.0. The van der Waals surface area contributed by atoms with Gasteiger partial charge in [0, 0.05) is 11.1 Å². The predicted molar refractivity (Wildman–Crippen MR) is 83.8 cm³/mol. The Morgan fingerprint density at radius 3 is 2.61 bits per heavy atom. The Hall–Kier alpha value is -1.08. The summed E-state index contributed by atoms with van der Waals surface area (Å²) in [6, 6.07) is 9.39. The highest BCUT2D eigenvalue weighted by molar-refractivity contribution is 14.1. The van der Waals surface area contributed by atoms with Crippen molar-refractivity contribution in [3.63, 3.8) is 0 Å². The van der Waals surface area contributed by atoms with E-state index in [0.717, 1.165) is 14.1 Å². The number of anilines is 1. The quantitative estimate of drug-likeness (QED) is 0.641. The number of halogens is 1. The fourth-order valence-electron chi connectivity index (χ4n) is 1.58. The van der Waals surface area contributed by atoms with E-state index in [1.54, 1.807) is 11.3 Å². The first-order valence-electron chi connectivity index (χ1n) is 5.46. The summed E-state index contributed by atoms with van der Waals surface area (Å²) in [5.74, 6) is -0.0431. The predicted octanol–water partition coefficient (Wildman–Crippen LogP) is 3.43. The average molecular weight is 372 g/mol. The number of hydrogen-bond acceptors (Lipinski definition) is 3. The molecule has 2 rings (SSSR count). The van der Waals surface area contributed by atoms with Crippen LogP contribution in [0.15, 0.2) is 35.7 Å². The van der Waals surface area contributed by atoms with Gasteiger partial charge >= 0.3 is 0 Å². The number of rotatable bonds is 3. The SMILES string of the molecule is CC(NC(=O)c1csc(I)c1)c1ccc(N)cc1. The van der Waals surface area contributed by atoms with Crippen molar-refractivity contribution in [2.75, 3.05) is 5.73 Å². The summed E-state index contributed by atoms with van der Waals surface area (Å²) in [5, 5.41) is 4.84. The van der Waals surface area contributed by atoms with Crippen molar-refractivity contribution in [1.82, 2.24) is 5.32 Å². The van der Waals surface area contributed by atoms with Gasteiger partial charge in [-0.15, -0.1) is 11.3 Å². The number of nitrogens with two attached hydrogens (primary N) is 1. The Morgan fingerprint density at radius 1 is 1.39 bits per heavy atom. The first-order valence-corrected chi connectivity index (χ1v) is 7.42. The molecule has 1 atom stereocenters. The van der Waals surface area contributed by atoms with Crippen molar-refractivity contribution in [3.05, 3.63) is 49.7 Å². The third-order valence-electron chi connectivity index (χ3n) is 2.61. The van der Waals surface area contributed by atoms with Crippen LogP contribution in [-0.2, 0) is 0 Å². The smallest absolute Gasteiger partial charge is 0.252 e. The lowest BCUT2D eigenvalue weighted by atomic mass is 10.1. The number of hydrogen-bond donors (Lipinski definition) is 2. The molecular weight excluding hydrogens is 359 g/mol. The number of thiophene rings is 1. The number of nitrogen functional groups attached to an aromatic ring is 1. The zero-order valence-electron chi connectivity index (χ0n) is 9.81. The van der Waals surface area contributed by atoms with Crippen molar-refractivity contribution in [3.8, 4) is 0 Å². The van der Waals surface area contributed by atoms with Gasteiger partial charge in [-0.3, -0.25) is 4.79 Å². The summed E-state index contributed by atoms with van der Waals surface area (Å²) in [5.41, 5.74) is 8.12. The van der Waals surface area contributed by atoms with E-state index in [1.165, 1.54) is 0 Å². The van der Waals surface area contributed by atoms with E-state index in [9.17, 15) is 4.79 Å². The van der Waals surface area contributed by atoms with Crippen LogP contribution in [0.4, 0.5) is 5.69 Å². The Kier molecular flexibility index (Phi) is 4.23. The Bertz CT molecular complexity index is 550. The lowest BCUT2D eigenvalue weighted by Crippen LogP contribution is -2.26. The number of amides is 1. The molecule has 0 bridgehead atoms. The Labute approximate surface area is 124 Å². The molecule has 3 N–H and O–H groups in total. The summed E-state index contributed by atoms with van der Waals surface area (Å²) < 4.78 is 1.11. The maximum absolute atomic E-state index is 12.0. The highest BCUT2D eigenvalue weighted by Gasteiger charge is 2.12. The van der Waals surface area contributed by atoms with Crippen LogP contribution in [-0.4, -0.2) is 5.91 Å². The van der Waals surface area contributed by atoms with Crippen LogP contribution in [0.1, 0.15) is 28.9 Å². The van der Waals surface area contributed by atoms with E-state index in [1.807, 2.05) is 42.6 Å². The van der Waals surface area contributed by atoms with Gasteiger partial charge in [0.1, 0.15) is 0 Å². The van der Waals surface area contributed by atoms with Gasteiger partial charge in [-0.05, 0) is 53.3 Å². The molecule has 0 spiro atoms. The topological polar surface area (TPSA) is 55.1 Å². The number of nitrogens with one attached hydrogen (secondary N) is 1. The largest absolute Gasteiger partial charge is 0.399 e. The van der Waals surface area contributed by atoms with Crippen molar-refractivity contribution in [2.45, 2.75) is 13.0 Å².